The molecule has 2 aromatic rings. The van der Waals surface area contributed by atoms with E-state index in [9.17, 15) is 8.42 Å². The number of aromatic nitrogens is 1. The van der Waals surface area contributed by atoms with Crippen LogP contribution < -0.4 is 9.62 Å². The molecule has 21 heavy (non-hydrogen) atoms. The largest absolute Gasteiger partial charge is 0.313 e. The van der Waals surface area contributed by atoms with Gasteiger partial charge in [-0.05, 0) is 32.0 Å². The molecule has 0 radical (unpaired) electrons. The van der Waals surface area contributed by atoms with Gasteiger partial charge in [-0.3, -0.25) is 4.31 Å². The highest BCUT2D eigenvalue weighted by Gasteiger charge is 2.33. The number of fused-ring (bicyclic) bond motifs is 1. The van der Waals surface area contributed by atoms with Gasteiger partial charge in [-0.15, -0.1) is 11.3 Å². The molecule has 1 aliphatic heterocycles. The van der Waals surface area contributed by atoms with Gasteiger partial charge in [0.15, 0.2) is 4.21 Å². The molecular weight excluding hydrogens is 306 g/mol. The van der Waals surface area contributed by atoms with E-state index in [1.165, 1.54) is 21.8 Å². The van der Waals surface area contributed by atoms with Crippen molar-refractivity contribution in [2.45, 2.75) is 23.6 Å². The van der Waals surface area contributed by atoms with Gasteiger partial charge < -0.3 is 5.32 Å². The van der Waals surface area contributed by atoms with Gasteiger partial charge >= 0.3 is 0 Å². The Kier molecular flexibility index (Phi) is 3.73. The fourth-order valence-electron chi connectivity index (χ4n) is 2.65. The van der Waals surface area contributed by atoms with E-state index in [2.05, 4.69) is 10.3 Å². The zero-order chi connectivity index (χ0) is 15.0. The van der Waals surface area contributed by atoms with E-state index in [-0.39, 0.29) is 6.04 Å². The van der Waals surface area contributed by atoms with Crippen LogP contribution in [0, 0.1) is 6.92 Å². The molecule has 7 heteroatoms. The monoisotopic (exact) mass is 323 g/mol. The van der Waals surface area contributed by atoms with Crippen molar-refractivity contribution in [3.63, 3.8) is 0 Å². The topological polar surface area (TPSA) is 62.3 Å². The molecule has 0 bridgehead atoms. The minimum atomic E-state index is -3.52. The van der Waals surface area contributed by atoms with Gasteiger partial charge in [0.2, 0.25) is 0 Å². The average Bonchev–Trinajstić information content (AvgIpc) is 2.93. The van der Waals surface area contributed by atoms with Gasteiger partial charge in [0, 0.05) is 12.6 Å². The van der Waals surface area contributed by atoms with E-state index in [0.717, 1.165) is 22.7 Å². The van der Waals surface area contributed by atoms with Crippen LogP contribution in [0.4, 0.5) is 5.69 Å². The summed E-state index contributed by atoms with van der Waals surface area (Å²) in [5, 5.41) is 4.00. The molecule has 0 spiro atoms. The molecule has 0 aliphatic carbocycles. The number of hydrogen-bond donors (Lipinski definition) is 1. The Morgan fingerprint density at radius 1 is 1.38 bits per heavy atom. The zero-order valence-corrected chi connectivity index (χ0v) is 13.5. The molecule has 1 aromatic carbocycles. The molecule has 1 atom stereocenters. The molecule has 0 fully saturated rings. The van der Waals surface area contributed by atoms with Crippen molar-refractivity contribution < 1.29 is 8.42 Å². The quantitative estimate of drug-likeness (QED) is 0.941. The summed E-state index contributed by atoms with van der Waals surface area (Å²) >= 11 is 1.21. The number of nitrogens with one attached hydrogen (secondary N) is 1. The molecular formula is C14H17N3O2S2. The van der Waals surface area contributed by atoms with E-state index in [1.807, 2.05) is 38.2 Å². The van der Waals surface area contributed by atoms with Crippen molar-refractivity contribution in [1.29, 1.82) is 0 Å². The van der Waals surface area contributed by atoms with Crippen LogP contribution in [0.3, 0.4) is 0 Å². The smallest absolute Gasteiger partial charge is 0.275 e. The highest BCUT2D eigenvalue weighted by atomic mass is 32.2. The standard InChI is InChI=1S/C14H17N3O2S2/c1-10-16-9-14(20-10)21(18,19)17-8-7-12(15-2)11-5-3-4-6-13(11)17/h3-6,9,12,15H,7-8H2,1-2H3. The van der Waals surface area contributed by atoms with Crippen molar-refractivity contribution in [3.05, 3.63) is 41.0 Å². The summed E-state index contributed by atoms with van der Waals surface area (Å²) in [6.07, 6.45) is 2.20. The number of anilines is 1. The predicted octanol–water partition coefficient (Wildman–Crippen LogP) is 2.31. The Morgan fingerprint density at radius 3 is 2.81 bits per heavy atom. The third-order valence-corrected chi connectivity index (χ3v) is 6.86. The molecule has 3 rings (SSSR count). The SMILES string of the molecule is CNC1CCN(S(=O)(=O)c2cnc(C)s2)c2ccccc21. The maximum atomic E-state index is 12.8. The molecule has 2 heterocycles. The van der Waals surface area contributed by atoms with Crippen LogP contribution in [0.5, 0.6) is 0 Å². The molecule has 5 nitrogen and oxygen atoms in total. The molecule has 1 aromatic heterocycles. The first-order valence-electron chi connectivity index (χ1n) is 6.75. The predicted molar refractivity (Wildman–Crippen MR) is 84.2 cm³/mol. The molecule has 1 N–H and O–H groups in total. The number of sulfonamides is 1. The van der Waals surface area contributed by atoms with E-state index in [1.54, 1.807) is 0 Å². The second-order valence-electron chi connectivity index (χ2n) is 4.96. The lowest BCUT2D eigenvalue weighted by Crippen LogP contribution is -2.38. The summed E-state index contributed by atoms with van der Waals surface area (Å²) in [5.41, 5.74) is 1.78. The Hall–Kier alpha value is -1.44. The van der Waals surface area contributed by atoms with E-state index >= 15 is 0 Å². The van der Waals surface area contributed by atoms with Crippen LogP contribution in [-0.4, -0.2) is 27.0 Å². The second kappa shape index (κ2) is 5.40. The number of thiazole rings is 1. The lowest BCUT2D eigenvalue weighted by atomic mass is 9.98. The summed E-state index contributed by atoms with van der Waals surface area (Å²) in [6.45, 7) is 2.28. The third-order valence-electron chi connectivity index (χ3n) is 3.69. The Labute approximate surface area is 128 Å². The first-order chi connectivity index (χ1) is 10.0. The fraction of sp³-hybridized carbons (Fsp3) is 0.357. The number of benzene rings is 1. The van der Waals surface area contributed by atoms with E-state index in [4.69, 9.17) is 0 Å². The minimum Gasteiger partial charge on any atom is -0.313 e. The average molecular weight is 323 g/mol. The van der Waals surface area contributed by atoms with Gasteiger partial charge in [-0.25, -0.2) is 13.4 Å². The van der Waals surface area contributed by atoms with Gasteiger partial charge in [0.1, 0.15) is 0 Å². The number of aryl methyl sites for hydroxylation is 1. The van der Waals surface area contributed by atoms with E-state index < -0.39 is 10.0 Å². The van der Waals surface area contributed by atoms with E-state index in [0.29, 0.717) is 10.8 Å². The Bertz CT molecular complexity index is 755. The first kappa shape index (κ1) is 14.5. The summed E-state index contributed by atoms with van der Waals surface area (Å²) in [4.78, 5) is 4.07. The van der Waals surface area contributed by atoms with Gasteiger partial charge in [0.05, 0.1) is 16.9 Å². The minimum absolute atomic E-state index is 0.191. The molecule has 1 unspecified atom stereocenters. The second-order valence-corrected chi connectivity index (χ2v) is 8.29. The van der Waals surface area contributed by atoms with Gasteiger partial charge in [-0.1, -0.05) is 18.2 Å². The number of para-hydroxylation sites is 1. The van der Waals surface area contributed by atoms with Crippen molar-refractivity contribution in [1.82, 2.24) is 10.3 Å². The van der Waals surface area contributed by atoms with Crippen molar-refractivity contribution in [3.8, 4) is 0 Å². The van der Waals surface area contributed by atoms with Crippen LogP contribution in [0.15, 0.2) is 34.7 Å². The molecule has 0 saturated carbocycles. The highest BCUT2D eigenvalue weighted by molar-refractivity contribution is 7.94. The third kappa shape index (κ3) is 2.45. The van der Waals surface area contributed by atoms with Gasteiger partial charge in [-0.2, -0.15) is 0 Å². The zero-order valence-electron chi connectivity index (χ0n) is 11.9. The van der Waals surface area contributed by atoms with Crippen LogP contribution in [-0.2, 0) is 10.0 Å². The highest BCUT2D eigenvalue weighted by Crippen LogP contribution is 2.37. The first-order valence-corrected chi connectivity index (χ1v) is 9.01. The molecule has 1 aliphatic rings. The van der Waals surface area contributed by atoms with Crippen LogP contribution in [0.25, 0.3) is 0 Å². The maximum Gasteiger partial charge on any atom is 0.275 e. The lowest BCUT2D eigenvalue weighted by molar-refractivity contribution is 0.529. The van der Waals surface area contributed by atoms with Crippen molar-refractivity contribution in [2.24, 2.45) is 0 Å². The van der Waals surface area contributed by atoms with Crippen molar-refractivity contribution in [2.75, 3.05) is 17.9 Å². The Morgan fingerprint density at radius 2 is 2.14 bits per heavy atom. The summed E-state index contributed by atoms with van der Waals surface area (Å²) in [6, 6.07) is 7.85. The maximum absolute atomic E-state index is 12.8. The summed E-state index contributed by atoms with van der Waals surface area (Å²) < 4.78 is 27.5. The summed E-state index contributed by atoms with van der Waals surface area (Å²) in [7, 11) is -1.62. The summed E-state index contributed by atoms with van der Waals surface area (Å²) in [5.74, 6) is 0. The lowest BCUT2D eigenvalue weighted by Gasteiger charge is -2.34. The van der Waals surface area contributed by atoms with Gasteiger partial charge in [0.25, 0.3) is 10.0 Å². The van der Waals surface area contributed by atoms with Crippen LogP contribution in [0.2, 0.25) is 0 Å². The Balaban J connectivity index is 2.08. The number of rotatable bonds is 3. The van der Waals surface area contributed by atoms with Crippen LogP contribution >= 0.6 is 11.3 Å². The number of nitrogens with zero attached hydrogens (tertiary/aromatic N) is 2. The molecule has 0 amide bonds. The normalized spacial score (nSPS) is 18.6. The molecule has 0 saturated heterocycles. The fourth-order valence-corrected chi connectivity index (χ4v) is 5.38. The van der Waals surface area contributed by atoms with Crippen molar-refractivity contribution >= 4 is 27.0 Å². The number of hydrogen-bond acceptors (Lipinski definition) is 5. The van der Waals surface area contributed by atoms with Crippen LogP contribution in [0.1, 0.15) is 23.0 Å². The molecule has 112 valence electrons.